The molecule has 1 atom stereocenters. The van der Waals surface area contributed by atoms with E-state index in [0.29, 0.717) is 24.8 Å². The average Bonchev–Trinajstić information content (AvgIpc) is 2.45. The number of unbranched alkanes of at least 4 members (excludes halogenated alkanes) is 1. The van der Waals surface area contributed by atoms with Crippen molar-refractivity contribution < 1.29 is 19.1 Å². The summed E-state index contributed by atoms with van der Waals surface area (Å²) in [4.78, 5) is 23.5. The van der Waals surface area contributed by atoms with Gasteiger partial charge < -0.3 is 9.47 Å². The minimum atomic E-state index is -0.790. The highest BCUT2D eigenvalue weighted by molar-refractivity contribution is 5.89. The fraction of sp³-hybridized carbons (Fsp3) is 0.500. The van der Waals surface area contributed by atoms with Crippen molar-refractivity contribution >= 4 is 11.9 Å². The van der Waals surface area contributed by atoms with Crippen molar-refractivity contribution in [2.45, 2.75) is 52.2 Å². The summed E-state index contributed by atoms with van der Waals surface area (Å²) >= 11 is 0. The van der Waals surface area contributed by atoms with Gasteiger partial charge in [-0.3, -0.25) is 4.79 Å². The zero-order valence-electron chi connectivity index (χ0n) is 12.1. The Hall–Kier alpha value is -1.84. The predicted octanol–water partition coefficient (Wildman–Crippen LogP) is 3.70. The number of esters is 2. The van der Waals surface area contributed by atoms with E-state index in [4.69, 9.17) is 9.47 Å². The number of ether oxygens (including phenoxy) is 2. The maximum atomic E-state index is 11.9. The summed E-state index contributed by atoms with van der Waals surface area (Å²) in [5.41, 5.74) is 0.459. The Morgan fingerprint density at radius 3 is 2.35 bits per heavy atom. The lowest BCUT2D eigenvalue weighted by Crippen LogP contribution is -2.24. The normalized spacial score (nSPS) is 11.7. The molecule has 0 aliphatic heterocycles. The molecule has 1 rings (SSSR count). The fourth-order valence-electron chi connectivity index (χ4n) is 1.68. The molecule has 0 saturated carbocycles. The van der Waals surface area contributed by atoms with Crippen LogP contribution in [0.2, 0.25) is 0 Å². The lowest BCUT2D eigenvalue weighted by atomic mass is 10.2. The minimum Gasteiger partial charge on any atom is -0.425 e. The van der Waals surface area contributed by atoms with Crippen LogP contribution in [0.3, 0.4) is 0 Å². The number of benzene rings is 1. The molecule has 0 aromatic heterocycles. The van der Waals surface area contributed by atoms with Gasteiger partial charge in [0.15, 0.2) is 0 Å². The van der Waals surface area contributed by atoms with Crippen LogP contribution in [0.4, 0.5) is 0 Å². The second-order valence-electron chi connectivity index (χ2n) is 4.58. The van der Waals surface area contributed by atoms with E-state index in [9.17, 15) is 9.59 Å². The SMILES string of the molecule is CCCCC(OC(=O)CCC)OC(=O)c1ccccc1. The van der Waals surface area contributed by atoms with Crippen LogP contribution in [0.25, 0.3) is 0 Å². The standard InChI is InChI=1S/C16H22O4/c1-3-5-12-15(19-14(17)9-4-2)20-16(18)13-10-7-6-8-11-13/h6-8,10-11,15H,3-5,9,12H2,1-2H3. The van der Waals surface area contributed by atoms with Crippen molar-refractivity contribution in [1.29, 1.82) is 0 Å². The molecule has 0 aliphatic rings. The van der Waals surface area contributed by atoms with Crippen LogP contribution in [-0.2, 0) is 14.3 Å². The molecule has 0 heterocycles. The predicted molar refractivity (Wildman–Crippen MR) is 76.2 cm³/mol. The third kappa shape index (κ3) is 5.87. The number of rotatable bonds is 8. The summed E-state index contributed by atoms with van der Waals surface area (Å²) in [6, 6.07) is 8.70. The average molecular weight is 278 g/mol. The van der Waals surface area contributed by atoms with Gasteiger partial charge in [0.25, 0.3) is 0 Å². The Morgan fingerprint density at radius 2 is 1.75 bits per heavy atom. The van der Waals surface area contributed by atoms with Crippen molar-refractivity contribution in [3.63, 3.8) is 0 Å². The monoisotopic (exact) mass is 278 g/mol. The van der Waals surface area contributed by atoms with E-state index in [1.807, 2.05) is 19.9 Å². The van der Waals surface area contributed by atoms with Gasteiger partial charge in [0.1, 0.15) is 0 Å². The van der Waals surface area contributed by atoms with Crippen LogP contribution >= 0.6 is 0 Å². The van der Waals surface area contributed by atoms with Gasteiger partial charge in [-0.25, -0.2) is 4.79 Å². The molecule has 0 radical (unpaired) electrons. The number of carbonyl (C=O) groups is 2. The highest BCUT2D eigenvalue weighted by Crippen LogP contribution is 2.12. The molecular formula is C16H22O4. The largest absolute Gasteiger partial charge is 0.425 e. The quantitative estimate of drug-likeness (QED) is 0.537. The molecule has 0 saturated heterocycles. The molecule has 0 aliphatic carbocycles. The van der Waals surface area contributed by atoms with Crippen molar-refractivity contribution in [1.82, 2.24) is 0 Å². The van der Waals surface area contributed by atoms with Crippen LogP contribution in [0.5, 0.6) is 0 Å². The van der Waals surface area contributed by atoms with Gasteiger partial charge in [-0.15, -0.1) is 0 Å². The molecule has 0 fully saturated rings. The molecule has 110 valence electrons. The van der Waals surface area contributed by atoms with Crippen molar-refractivity contribution in [3.8, 4) is 0 Å². The van der Waals surface area contributed by atoms with Crippen LogP contribution in [0.15, 0.2) is 30.3 Å². The topological polar surface area (TPSA) is 52.6 Å². The summed E-state index contributed by atoms with van der Waals surface area (Å²) in [7, 11) is 0. The van der Waals surface area contributed by atoms with Crippen LogP contribution in [0, 0.1) is 0 Å². The highest BCUT2D eigenvalue weighted by Gasteiger charge is 2.19. The fourth-order valence-corrected chi connectivity index (χ4v) is 1.68. The van der Waals surface area contributed by atoms with Crippen molar-refractivity contribution in [2.24, 2.45) is 0 Å². The van der Waals surface area contributed by atoms with Gasteiger partial charge in [-0.1, -0.05) is 38.5 Å². The Balaban J connectivity index is 2.59. The molecule has 4 heteroatoms. The second-order valence-corrected chi connectivity index (χ2v) is 4.58. The first-order valence-electron chi connectivity index (χ1n) is 7.12. The molecule has 0 bridgehead atoms. The summed E-state index contributed by atoms with van der Waals surface area (Å²) in [6.45, 7) is 3.93. The van der Waals surface area contributed by atoms with Gasteiger partial charge in [0.05, 0.1) is 5.56 Å². The van der Waals surface area contributed by atoms with E-state index in [2.05, 4.69) is 0 Å². The van der Waals surface area contributed by atoms with E-state index in [0.717, 1.165) is 12.8 Å². The first kappa shape index (κ1) is 16.2. The Bertz CT molecular complexity index is 414. The van der Waals surface area contributed by atoms with Crippen molar-refractivity contribution in [2.75, 3.05) is 0 Å². The second kappa shape index (κ2) is 9.13. The maximum Gasteiger partial charge on any atom is 0.341 e. The van der Waals surface area contributed by atoms with Crippen LogP contribution < -0.4 is 0 Å². The summed E-state index contributed by atoms with van der Waals surface area (Å²) in [5, 5.41) is 0. The van der Waals surface area contributed by atoms with E-state index >= 15 is 0 Å². The van der Waals surface area contributed by atoms with Crippen LogP contribution in [-0.4, -0.2) is 18.2 Å². The zero-order valence-corrected chi connectivity index (χ0v) is 12.1. The van der Waals surface area contributed by atoms with E-state index in [1.165, 1.54) is 0 Å². The molecule has 0 amide bonds. The molecule has 0 N–H and O–H groups in total. The molecule has 0 spiro atoms. The molecule has 1 aromatic rings. The van der Waals surface area contributed by atoms with E-state index in [1.54, 1.807) is 24.3 Å². The highest BCUT2D eigenvalue weighted by atomic mass is 16.7. The number of hydrogen-bond donors (Lipinski definition) is 0. The first-order valence-corrected chi connectivity index (χ1v) is 7.12. The maximum absolute atomic E-state index is 11.9. The van der Waals surface area contributed by atoms with E-state index in [-0.39, 0.29) is 5.97 Å². The van der Waals surface area contributed by atoms with Crippen molar-refractivity contribution in [3.05, 3.63) is 35.9 Å². The number of hydrogen-bond acceptors (Lipinski definition) is 4. The summed E-state index contributed by atoms with van der Waals surface area (Å²) in [5.74, 6) is -0.787. The molecule has 1 unspecified atom stereocenters. The molecule has 1 aromatic carbocycles. The zero-order chi connectivity index (χ0) is 14.8. The molecule has 20 heavy (non-hydrogen) atoms. The van der Waals surface area contributed by atoms with Crippen LogP contribution in [0.1, 0.15) is 56.3 Å². The van der Waals surface area contributed by atoms with Gasteiger partial charge in [-0.05, 0) is 25.0 Å². The lowest BCUT2D eigenvalue weighted by molar-refractivity contribution is -0.169. The third-order valence-corrected chi connectivity index (χ3v) is 2.76. The first-order chi connectivity index (χ1) is 9.67. The molecular weight excluding hydrogens is 256 g/mol. The lowest BCUT2D eigenvalue weighted by Gasteiger charge is -2.18. The number of carbonyl (C=O) groups excluding carboxylic acids is 2. The summed E-state index contributed by atoms with van der Waals surface area (Å²) < 4.78 is 10.5. The third-order valence-electron chi connectivity index (χ3n) is 2.76. The van der Waals surface area contributed by atoms with Gasteiger partial charge >= 0.3 is 11.9 Å². The minimum absolute atomic E-state index is 0.325. The van der Waals surface area contributed by atoms with E-state index < -0.39 is 12.3 Å². The van der Waals surface area contributed by atoms with Gasteiger partial charge in [0, 0.05) is 12.8 Å². The van der Waals surface area contributed by atoms with Gasteiger partial charge in [-0.2, -0.15) is 0 Å². The smallest absolute Gasteiger partial charge is 0.341 e. The van der Waals surface area contributed by atoms with Gasteiger partial charge in [0.2, 0.25) is 6.29 Å². The Morgan fingerprint density at radius 1 is 1.05 bits per heavy atom. The summed E-state index contributed by atoms with van der Waals surface area (Å²) in [6.07, 6.45) is 2.58. The Kier molecular flexibility index (Phi) is 7.40. The Labute approximate surface area is 120 Å². The molecule has 4 nitrogen and oxygen atoms in total.